The molecule has 21 heavy (non-hydrogen) atoms. The number of aromatic nitrogens is 1. The van der Waals surface area contributed by atoms with Crippen LogP contribution >= 0.6 is 11.3 Å². The number of thiazole rings is 1. The van der Waals surface area contributed by atoms with Crippen LogP contribution in [0.4, 0.5) is 5.13 Å². The van der Waals surface area contributed by atoms with Crippen LogP contribution in [0.1, 0.15) is 10.4 Å². The van der Waals surface area contributed by atoms with Gasteiger partial charge >= 0.3 is 17.1 Å². The summed E-state index contributed by atoms with van der Waals surface area (Å²) in [5, 5.41) is 9.17. The van der Waals surface area contributed by atoms with Gasteiger partial charge in [-0.25, -0.2) is 9.98 Å². The van der Waals surface area contributed by atoms with Gasteiger partial charge in [0.15, 0.2) is 11.5 Å². The Morgan fingerprint density at radius 1 is 1.29 bits per heavy atom. The Morgan fingerprint density at radius 3 is 2.90 bits per heavy atom. The quantitative estimate of drug-likeness (QED) is 0.378. The Morgan fingerprint density at radius 2 is 2.10 bits per heavy atom. The molecule has 0 amide bonds. The summed E-state index contributed by atoms with van der Waals surface area (Å²) < 4.78 is 10.8. The van der Waals surface area contributed by atoms with Crippen LogP contribution < -0.4 is 15.0 Å². The van der Waals surface area contributed by atoms with E-state index < -0.39 is 0 Å². The molecule has 0 bridgehead atoms. The van der Waals surface area contributed by atoms with Crippen molar-refractivity contribution in [2.24, 2.45) is 4.99 Å². The smallest absolute Gasteiger partial charge is 0.454 e. The van der Waals surface area contributed by atoms with E-state index in [4.69, 9.17) is 14.7 Å². The first-order valence-corrected chi connectivity index (χ1v) is 7.01. The van der Waals surface area contributed by atoms with Crippen molar-refractivity contribution < 1.29 is 31.7 Å². The molecule has 107 valence electrons. The maximum absolute atomic E-state index is 8.54. The molecule has 0 saturated carbocycles. The van der Waals surface area contributed by atoms with E-state index in [1.807, 2.05) is 17.6 Å². The fourth-order valence-electron chi connectivity index (χ4n) is 2.52. The normalized spacial score (nSPS) is 14.5. The zero-order valence-corrected chi connectivity index (χ0v) is 12.8. The van der Waals surface area contributed by atoms with Crippen molar-refractivity contribution in [3.8, 4) is 22.8 Å². The van der Waals surface area contributed by atoms with Gasteiger partial charge in [0.2, 0.25) is 11.9 Å². The van der Waals surface area contributed by atoms with Gasteiger partial charge in [-0.15, -0.1) is 0 Å². The Kier molecular flexibility index (Phi) is 3.86. The summed E-state index contributed by atoms with van der Waals surface area (Å²) in [6.07, 6.45) is 3.12. The summed E-state index contributed by atoms with van der Waals surface area (Å²) in [5.41, 5.74) is 5.16. The average molecular weight is 344 g/mol. The molecule has 4 rings (SSSR count). The molecule has 1 aliphatic heterocycles. The van der Waals surface area contributed by atoms with E-state index in [0.717, 1.165) is 35.6 Å². The van der Waals surface area contributed by atoms with E-state index >= 15 is 0 Å². The summed E-state index contributed by atoms with van der Waals surface area (Å²) in [6.45, 7) is 0.278. The van der Waals surface area contributed by atoms with Gasteiger partial charge in [0.25, 0.3) is 0 Å². The summed E-state index contributed by atoms with van der Waals surface area (Å²) in [6, 6.07) is 4.03. The van der Waals surface area contributed by atoms with Crippen molar-refractivity contribution in [1.29, 1.82) is 0 Å². The molecular formula is C13H11MnN3O3S+2. The Balaban J connectivity index is 0.00000132. The van der Waals surface area contributed by atoms with Crippen LogP contribution in [0.2, 0.25) is 0 Å². The zero-order chi connectivity index (χ0) is 13.5. The first kappa shape index (κ1) is 14.3. The minimum absolute atomic E-state index is 0. The second-order valence-corrected chi connectivity index (χ2v) is 5.58. The third kappa shape index (κ3) is 2.40. The molecule has 1 radical (unpaired) electrons. The fourth-order valence-corrected chi connectivity index (χ4v) is 3.44. The first-order valence-electron chi connectivity index (χ1n) is 6.20. The molecule has 0 spiro atoms. The predicted molar refractivity (Wildman–Crippen MR) is 74.2 cm³/mol. The maximum Gasteiger partial charge on any atom is 2.00 e. The Hall–Kier alpha value is -1.60. The minimum atomic E-state index is 0. The van der Waals surface area contributed by atoms with E-state index in [9.17, 15) is 0 Å². The number of aliphatic imine (C=N–C) groups is 1. The number of hydrogen-bond donors (Lipinski definition) is 2. The van der Waals surface area contributed by atoms with Gasteiger partial charge < -0.3 is 9.47 Å². The summed E-state index contributed by atoms with van der Waals surface area (Å²) in [4.78, 5) is 9.78. The van der Waals surface area contributed by atoms with E-state index in [-0.39, 0.29) is 23.9 Å². The Labute approximate surface area is 135 Å². The SMILES string of the molecule is ON/C=N\c1nc2c(s1)CCc1cc3c(cc1-2)OCO3.[Mn+2]. The van der Waals surface area contributed by atoms with Crippen LogP contribution in [0.15, 0.2) is 17.1 Å². The van der Waals surface area contributed by atoms with Gasteiger partial charge in [0, 0.05) is 10.4 Å². The molecule has 0 fully saturated rings. The molecule has 8 heteroatoms. The maximum atomic E-state index is 8.54. The first-order chi connectivity index (χ1) is 9.85. The molecule has 0 unspecified atom stereocenters. The van der Waals surface area contributed by atoms with Crippen molar-refractivity contribution in [2.45, 2.75) is 12.8 Å². The molecule has 2 N–H and O–H groups in total. The summed E-state index contributed by atoms with van der Waals surface area (Å²) in [5.74, 6) is 1.58. The van der Waals surface area contributed by atoms with Crippen molar-refractivity contribution in [1.82, 2.24) is 10.5 Å². The van der Waals surface area contributed by atoms with Crippen LogP contribution in [0.5, 0.6) is 11.5 Å². The van der Waals surface area contributed by atoms with Crippen LogP contribution in [0.3, 0.4) is 0 Å². The predicted octanol–water partition coefficient (Wildman–Crippen LogP) is 2.27. The van der Waals surface area contributed by atoms with Crippen molar-refractivity contribution in [3.05, 3.63) is 22.6 Å². The second kappa shape index (κ2) is 5.65. The van der Waals surface area contributed by atoms with Crippen molar-refractivity contribution in [2.75, 3.05) is 6.79 Å². The molecule has 2 heterocycles. The molecule has 0 saturated heterocycles. The fraction of sp³-hybridized carbons (Fsp3) is 0.231. The number of ether oxygens (including phenoxy) is 2. The van der Waals surface area contributed by atoms with E-state index in [0.29, 0.717) is 5.13 Å². The molecule has 2 aromatic rings. The minimum Gasteiger partial charge on any atom is -0.454 e. The molecule has 0 atom stereocenters. The number of hydroxylamine groups is 1. The van der Waals surface area contributed by atoms with Gasteiger partial charge in [-0.3, -0.25) is 10.7 Å². The van der Waals surface area contributed by atoms with Crippen LogP contribution in [-0.4, -0.2) is 23.3 Å². The van der Waals surface area contributed by atoms with E-state index in [1.54, 1.807) is 0 Å². The zero-order valence-electron chi connectivity index (χ0n) is 10.8. The van der Waals surface area contributed by atoms with E-state index in [2.05, 4.69) is 9.98 Å². The summed E-state index contributed by atoms with van der Waals surface area (Å²) in [7, 11) is 0. The standard InChI is InChI=1S/C13H11N3O3S.Mn/c17-15-5-14-13-16-12-8-4-10-9(18-6-19-10)3-7(8)1-2-11(12)20-13;/h3-5,17H,1-2,6H2,(H,14,15,16);/q;+2. The van der Waals surface area contributed by atoms with Crippen LogP contribution in [0.25, 0.3) is 11.3 Å². The van der Waals surface area contributed by atoms with Gasteiger partial charge in [0.05, 0.1) is 5.69 Å². The number of hydrogen-bond acceptors (Lipinski definition) is 6. The molecular weight excluding hydrogens is 333 g/mol. The van der Waals surface area contributed by atoms with Gasteiger partial charge in [-0.05, 0) is 30.5 Å². The molecule has 1 aliphatic carbocycles. The Bertz CT molecular complexity index is 717. The number of fused-ring (bicyclic) bond motifs is 4. The number of nitrogens with zero attached hydrogens (tertiary/aromatic N) is 2. The number of benzene rings is 1. The average Bonchev–Trinajstić information content (AvgIpc) is 3.08. The van der Waals surface area contributed by atoms with Crippen molar-refractivity contribution in [3.63, 3.8) is 0 Å². The van der Waals surface area contributed by atoms with Gasteiger partial charge in [0.1, 0.15) is 6.34 Å². The number of rotatable bonds is 2. The monoisotopic (exact) mass is 344 g/mol. The van der Waals surface area contributed by atoms with Crippen LogP contribution in [0, 0.1) is 0 Å². The topological polar surface area (TPSA) is 76.0 Å². The molecule has 1 aromatic carbocycles. The van der Waals surface area contributed by atoms with Gasteiger partial charge in [-0.2, -0.15) is 0 Å². The van der Waals surface area contributed by atoms with Crippen molar-refractivity contribution >= 4 is 22.8 Å². The van der Waals surface area contributed by atoms with Gasteiger partial charge in [-0.1, -0.05) is 11.3 Å². The second-order valence-electron chi connectivity index (χ2n) is 4.52. The summed E-state index contributed by atoms with van der Waals surface area (Å²) >= 11 is 1.54. The molecule has 6 nitrogen and oxygen atoms in total. The number of nitrogens with one attached hydrogen (secondary N) is 1. The molecule has 1 aromatic heterocycles. The molecule has 2 aliphatic rings. The third-order valence-electron chi connectivity index (χ3n) is 3.39. The van der Waals surface area contributed by atoms with Crippen LogP contribution in [-0.2, 0) is 29.9 Å². The van der Waals surface area contributed by atoms with E-state index in [1.165, 1.54) is 28.1 Å². The largest absolute Gasteiger partial charge is 2.00 e. The number of aryl methyl sites for hydroxylation is 2. The third-order valence-corrected chi connectivity index (χ3v) is 4.42.